The second-order valence-electron chi connectivity index (χ2n) is 8.82. The van der Waals surface area contributed by atoms with E-state index in [4.69, 9.17) is 26.8 Å². The Labute approximate surface area is 177 Å². The molecule has 3 N–H and O–H groups in total. The van der Waals surface area contributed by atoms with Gasteiger partial charge < -0.3 is 25.2 Å². The Morgan fingerprint density at radius 2 is 1.86 bits per heavy atom. The standard InChI is InChI=1S/C22H31ClN2O4/c23-18-11-17(22(26)27)20-21(19(18)24)29-16(13-28-20)10-14-6-8-25(9-7-14)12-15-4-2-1-3-5-15/h11,14-16H,1-10,12-13,24H2,(H,26,27). The van der Waals surface area contributed by atoms with Gasteiger partial charge in [-0.3, -0.25) is 0 Å². The lowest BCUT2D eigenvalue weighted by atomic mass is 9.87. The van der Waals surface area contributed by atoms with Gasteiger partial charge >= 0.3 is 5.97 Å². The van der Waals surface area contributed by atoms with Gasteiger partial charge in [0.15, 0.2) is 11.5 Å². The van der Waals surface area contributed by atoms with Crippen molar-refractivity contribution in [3.63, 3.8) is 0 Å². The highest BCUT2D eigenvalue weighted by molar-refractivity contribution is 6.34. The second-order valence-corrected chi connectivity index (χ2v) is 9.22. The monoisotopic (exact) mass is 422 g/mol. The number of anilines is 1. The molecule has 0 radical (unpaired) electrons. The Hall–Kier alpha value is -1.66. The number of hydrogen-bond donors (Lipinski definition) is 2. The fraction of sp³-hybridized carbons (Fsp3) is 0.682. The van der Waals surface area contributed by atoms with Gasteiger partial charge in [-0.05, 0) is 63.1 Å². The van der Waals surface area contributed by atoms with Crippen LogP contribution in [-0.2, 0) is 0 Å². The van der Waals surface area contributed by atoms with Crippen LogP contribution in [0.4, 0.5) is 5.69 Å². The minimum atomic E-state index is -1.10. The first-order valence-corrected chi connectivity index (χ1v) is 11.3. The lowest BCUT2D eigenvalue weighted by molar-refractivity contribution is 0.0533. The Balaban J connectivity index is 1.31. The molecular formula is C22H31ClN2O4. The van der Waals surface area contributed by atoms with Crippen LogP contribution < -0.4 is 15.2 Å². The van der Waals surface area contributed by atoms with Crippen LogP contribution in [-0.4, -0.2) is 48.3 Å². The van der Waals surface area contributed by atoms with E-state index in [0.717, 1.165) is 25.4 Å². The molecule has 6 nitrogen and oxygen atoms in total. The van der Waals surface area contributed by atoms with Gasteiger partial charge in [-0.1, -0.05) is 30.9 Å². The molecule has 7 heteroatoms. The molecule has 0 bridgehead atoms. The molecule has 29 heavy (non-hydrogen) atoms. The van der Waals surface area contributed by atoms with Gasteiger partial charge in [-0.25, -0.2) is 4.79 Å². The summed E-state index contributed by atoms with van der Waals surface area (Å²) in [5, 5.41) is 9.57. The molecule has 1 aromatic rings. The lowest BCUT2D eigenvalue weighted by Crippen LogP contribution is -2.40. The maximum Gasteiger partial charge on any atom is 0.339 e. The van der Waals surface area contributed by atoms with E-state index in [2.05, 4.69) is 4.90 Å². The zero-order valence-electron chi connectivity index (χ0n) is 16.9. The normalized spacial score (nSPS) is 23.8. The van der Waals surface area contributed by atoms with Gasteiger partial charge in [0.25, 0.3) is 0 Å². The van der Waals surface area contributed by atoms with Crippen molar-refractivity contribution in [2.24, 2.45) is 11.8 Å². The first-order chi connectivity index (χ1) is 14.0. The molecule has 1 saturated carbocycles. The summed E-state index contributed by atoms with van der Waals surface area (Å²) in [4.78, 5) is 14.1. The summed E-state index contributed by atoms with van der Waals surface area (Å²) in [5.74, 6) is 0.851. The Bertz CT molecular complexity index is 743. The highest BCUT2D eigenvalue weighted by Crippen LogP contribution is 2.45. The van der Waals surface area contributed by atoms with E-state index in [1.807, 2.05) is 0 Å². The SMILES string of the molecule is Nc1c(Cl)cc(C(=O)O)c2c1OC(CC1CCN(CC3CCCCC3)CC1)CO2. The van der Waals surface area contributed by atoms with Crippen LogP contribution >= 0.6 is 11.6 Å². The van der Waals surface area contributed by atoms with E-state index in [9.17, 15) is 9.90 Å². The Morgan fingerprint density at radius 3 is 2.55 bits per heavy atom. The number of nitrogen functional groups attached to an aromatic ring is 1. The van der Waals surface area contributed by atoms with Crippen molar-refractivity contribution in [2.75, 3.05) is 32.0 Å². The summed E-state index contributed by atoms with van der Waals surface area (Å²) >= 11 is 6.10. The minimum Gasteiger partial charge on any atom is -0.485 e. The third-order valence-electron chi connectivity index (χ3n) is 6.70. The molecule has 1 saturated heterocycles. The molecular weight excluding hydrogens is 392 g/mol. The number of carbonyl (C=O) groups is 1. The number of fused-ring (bicyclic) bond motifs is 1. The number of likely N-dealkylation sites (tertiary alicyclic amines) is 1. The third kappa shape index (κ3) is 4.75. The van der Waals surface area contributed by atoms with Gasteiger partial charge in [-0.2, -0.15) is 0 Å². The van der Waals surface area contributed by atoms with Crippen LogP contribution in [0, 0.1) is 11.8 Å². The summed E-state index contributed by atoms with van der Waals surface area (Å²) in [6.45, 7) is 3.91. The van der Waals surface area contributed by atoms with Gasteiger partial charge in [0.2, 0.25) is 0 Å². The molecule has 1 aromatic carbocycles. The molecule has 4 rings (SSSR count). The summed E-state index contributed by atoms with van der Waals surface area (Å²) < 4.78 is 11.8. The molecule has 2 fully saturated rings. The molecule has 3 aliphatic rings. The largest absolute Gasteiger partial charge is 0.485 e. The van der Waals surface area contributed by atoms with Crippen molar-refractivity contribution in [1.29, 1.82) is 0 Å². The highest BCUT2D eigenvalue weighted by atomic mass is 35.5. The molecule has 0 aromatic heterocycles. The number of rotatable bonds is 5. The molecule has 1 unspecified atom stereocenters. The van der Waals surface area contributed by atoms with E-state index in [-0.39, 0.29) is 33.9 Å². The van der Waals surface area contributed by atoms with E-state index in [1.54, 1.807) is 0 Å². The molecule has 0 amide bonds. The first-order valence-electron chi connectivity index (χ1n) is 10.9. The van der Waals surface area contributed by atoms with Crippen molar-refractivity contribution in [3.8, 4) is 11.5 Å². The highest BCUT2D eigenvalue weighted by Gasteiger charge is 2.32. The summed E-state index contributed by atoms with van der Waals surface area (Å²) in [6, 6.07) is 1.32. The van der Waals surface area contributed by atoms with E-state index in [0.29, 0.717) is 12.5 Å². The van der Waals surface area contributed by atoms with Crippen molar-refractivity contribution < 1.29 is 19.4 Å². The van der Waals surface area contributed by atoms with Crippen LogP contribution in [0.5, 0.6) is 11.5 Å². The number of ether oxygens (including phenoxy) is 2. The average Bonchev–Trinajstić information content (AvgIpc) is 2.73. The molecule has 1 atom stereocenters. The fourth-order valence-corrected chi connectivity index (χ4v) is 5.24. The van der Waals surface area contributed by atoms with E-state index in [1.165, 1.54) is 57.6 Å². The molecule has 2 aliphatic heterocycles. The number of hydrogen-bond acceptors (Lipinski definition) is 5. The van der Waals surface area contributed by atoms with E-state index >= 15 is 0 Å². The van der Waals surface area contributed by atoms with Crippen LogP contribution in [0.3, 0.4) is 0 Å². The van der Waals surface area contributed by atoms with Crippen molar-refractivity contribution in [3.05, 3.63) is 16.7 Å². The van der Waals surface area contributed by atoms with Crippen molar-refractivity contribution in [2.45, 2.75) is 57.5 Å². The van der Waals surface area contributed by atoms with E-state index < -0.39 is 5.97 Å². The van der Waals surface area contributed by atoms with Gasteiger partial charge in [0, 0.05) is 6.54 Å². The maximum absolute atomic E-state index is 11.5. The molecule has 1 aliphatic carbocycles. The average molecular weight is 423 g/mol. The smallest absolute Gasteiger partial charge is 0.339 e. The van der Waals surface area contributed by atoms with Crippen LogP contribution in [0.15, 0.2) is 6.07 Å². The fourth-order valence-electron chi connectivity index (χ4n) is 5.05. The minimum absolute atomic E-state index is 0.00586. The summed E-state index contributed by atoms with van der Waals surface area (Å²) in [7, 11) is 0. The van der Waals surface area contributed by atoms with Gasteiger partial charge in [-0.15, -0.1) is 0 Å². The third-order valence-corrected chi connectivity index (χ3v) is 7.01. The second kappa shape index (κ2) is 9.00. The van der Waals surface area contributed by atoms with Crippen LogP contribution in [0.2, 0.25) is 5.02 Å². The predicted octanol–water partition coefficient (Wildman–Crippen LogP) is 4.44. The number of piperidine rings is 1. The lowest BCUT2D eigenvalue weighted by Gasteiger charge is -2.37. The van der Waals surface area contributed by atoms with Crippen LogP contribution in [0.1, 0.15) is 61.7 Å². The predicted molar refractivity (Wildman–Crippen MR) is 113 cm³/mol. The van der Waals surface area contributed by atoms with Gasteiger partial charge in [0.05, 0.1) is 10.7 Å². The number of halogens is 1. The summed E-state index contributed by atoms with van der Waals surface area (Å²) in [6.07, 6.45) is 10.1. The summed E-state index contributed by atoms with van der Waals surface area (Å²) in [5.41, 5.74) is 6.28. The zero-order chi connectivity index (χ0) is 20.4. The topological polar surface area (TPSA) is 85.0 Å². The number of carboxylic acid groups (broad SMARTS) is 1. The molecule has 0 spiro atoms. The Morgan fingerprint density at radius 1 is 1.14 bits per heavy atom. The number of benzene rings is 1. The van der Waals surface area contributed by atoms with Crippen molar-refractivity contribution in [1.82, 2.24) is 4.90 Å². The molecule has 160 valence electrons. The molecule has 2 heterocycles. The van der Waals surface area contributed by atoms with Gasteiger partial charge in [0.1, 0.15) is 18.3 Å². The quantitative estimate of drug-likeness (QED) is 0.682. The van der Waals surface area contributed by atoms with Crippen LogP contribution in [0.25, 0.3) is 0 Å². The van der Waals surface area contributed by atoms with Crippen molar-refractivity contribution >= 4 is 23.3 Å². The zero-order valence-corrected chi connectivity index (χ0v) is 17.6. The Kier molecular flexibility index (Phi) is 6.40. The number of nitrogens with two attached hydrogens (primary N) is 1. The maximum atomic E-state index is 11.5. The number of carboxylic acids is 1. The first kappa shape index (κ1) is 20.6. The number of aromatic carboxylic acids is 1. The number of nitrogens with zero attached hydrogens (tertiary/aromatic N) is 1.